The van der Waals surface area contributed by atoms with Gasteiger partial charge in [-0.15, -0.1) is 0 Å². The predicted molar refractivity (Wildman–Crippen MR) is 93.8 cm³/mol. The Labute approximate surface area is 145 Å². The number of nitrogens with one attached hydrogen (secondary N) is 2. The molecule has 3 rings (SSSR count). The van der Waals surface area contributed by atoms with E-state index in [1.165, 1.54) is 25.1 Å². The summed E-state index contributed by atoms with van der Waals surface area (Å²) in [6.07, 6.45) is 0. The second kappa shape index (κ2) is 6.48. The van der Waals surface area contributed by atoms with Crippen LogP contribution in [-0.4, -0.2) is 29.4 Å². The van der Waals surface area contributed by atoms with Gasteiger partial charge in [-0.05, 0) is 38.1 Å². The standard InChI is InChI=1S/C17H16N4O3S/c1-11(22)13-5-4-8-16(10-13)25(23,24)21-15-7-3-6-14(9-15)17-18-12(2)19-20-17/h3-10,21H,1-2H3,(H,18,19,20). The van der Waals surface area contributed by atoms with Crippen molar-refractivity contribution in [1.29, 1.82) is 0 Å². The highest BCUT2D eigenvalue weighted by molar-refractivity contribution is 7.92. The summed E-state index contributed by atoms with van der Waals surface area (Å²) in [6.45, 7) is 3.17. The monoisotopic (exact) mass is 356 g/mol. The molecule has 0 bridgehead atoms. The molecule has 0 fully saturated rings. The molecular weight excluding hydrogens is 340 g/mol. The van der Waals surface area contributed by atoms with Crippen LogP contribution in [0.1, 0.15) is 23.1 Å². The minimum absolute atomic E-state index is 0.0272. The maximum atomic E-state index is 12.6. The van der Waals surface area contributed by atoms with Crippen LogP contribution in [0.15, 0.2) is 53.4 Å². The average molecular weight is 356 g/mol. The number of benzene rings is 2. The van der Waals surface area contributed by atoms with Gasteiger partial charge in [0.05, 0.1) is 4.90 Å². The summed E-state index contributed by atoms with van der Waals surface area (Å²) in [5, 5.41) is 6.81. The first-order valence-electron chi connectivity index (χ1n) is 7.48. The van der Waals surface area contributed by atoms with Crippen LogP contribution in [0.4, 0.5) is 5.69 Å². The molecule has 0 unspecified atom stereocenters. The zero-order chi connectivity index (χ0) is 18.0. The van der Waals surface area contributed by atoms with Crippen LogP contribution < -0.4 is 4.72 Å². The Hall–Kier alpha value is -3.00. The van der Waals surface area contributed by atoms with Crippen LogP contribution >= 0.6 is 0 Å². The van der Waals surface area contributed by atoms with Gasteiger partial charge in [0, 0.05) is 16.8 Å². The maximum absolute atomic E-state index is 12.6. The number of aryl methyl sites for hydroxylation is 1. The van der Waals surface area contributed by atoms with Gasteiger partial charge in [0.25, 0.3) is 10.0 Å². The molecule has 7 nitrogen and oxygen atoms in total. The lowest BCUT2D eigenvalue weighted by atomic mass is 10.2. The summed E-state index contributed by atoms with van der Waals surface area (Å²) in [6, 6.07) is 12.7. The SMILES string of the molecule is CC(=O)c1cccc(S(=O)(=O)Nc2cccc(-c3n[nH]c(C)n3)c2)c1. The lowest BCUT2D eigenvalue weighted by molar-refractivity contribution is 0.101. The number of ketones is 1. The zero-order valence-electron chi connectivity index (χ0n) is 13.6. The molecule has 0 spiro atoms. The van der Waals surface area contributed by atoms with E-state index in [9.17, 15) is 13.2 Å². The van der Waals surface area contributed by atoms with E-state index in [1.54, 1.807) is 37.3 Å². The van der Waals surface area contributed by atoms with Gasteiger partial charge in [-0.3, -0.25) is 14.6 Å². The van der Waals surface area contributed by atoms with E-state index in [-0.39, 0.29) is 10.7 Å². The number of sulfonamides is 1. The van der Waals surface area contributed by atoms with Crippen molar-refractivity contribution in [3.8, 4) is 11.4 Å². The summed E-state index contributed by atoms with van der Waals surface area (Å²) >= 11 is 0. The third-order valence-corrected chi connectivity index (χ3v) is 4.90. The number of aromatic nitrogens is 3. The summed E-state index contributed by atoms with van der Waals surface area (Å²) in [4.78, 5) is 15.7. The minimum atomic E-state index is -3.81. The highest BCUT2D eigenvalue weighted by atomic mass is 32.2. The molecule has 8 heteroatoms. The van der Waals surface area contributed by atoms with Gasteiger partial charge in [-0.25, -0.2) is 13.4 Å². The number of H-pyrrole nitrogens is 1. The van der Waals surface area contributed by atoms with Crippen LogP contribution in [0.25, 0.3) is 11.4 Å². The summed E-state index contributed by atoms with van der Waals surface area (Å²) in [5.41, 5.74) is 1.41. The third-order valence-electron chi connectivity index (χ3n) is 3.52. The van der Waals surface area contributed by atoms with Crippen LogP contribution in [0.5, 0.6) is 0 Å². The van der Waals surface area contributed by atoms with Crippen LogP contribution in [-0.2, 0) is 10.0 Å². The highest BCUT2D eigenvalue weighted by Crippen LogP contribution is 2.22. The Morgan fingerprint density at radius 3 is 2.56 bits per heavy atom. The van der Waals surface area contributed by atoms with E-state index < -0.39 is 10.0 Å². The summed E-state index contributed by atoms with van der Waals surface area (Å²) in [7, 11) is -3.81. The molecule has 0 radical (unpaired) electrons. The summed E-state index contributed by atoms with van der Waals surface area (Å²) < 4.78 is 27.6. The Balaban J connectivity index is 1.91. The molecule has 0 saturated heterocycles. The molecule has 0 atom stereocenters. The molecule has 1 heterocycles. The van der Waals surface area contributed by atoms with E-state index >= 15 is 0 Å². The van der Waals surface area contributed by atoms with E-state index in [2.05, 4.69) is 19.9 Å². The number of carbonyl (C=O) groups excluding carboxylic acids is 1. The van der Waals surface area contributed by atoms with Crippen molar-refractivity contribution < 1.29 is 13.2 Å². The lowest BCUT2D eigenvalue weighted by Gasteiger charge is -2.09. The molecule has 0 aliphatic carbocycles. The lowest BCUT2D eigenvalue weighted by Crippen LogP contribution is -2.13. The number of carbonyl (C=O) groups is 1. The second-order valence-electron chi connectivity index (χ2n) is 5.51. The first kappa shape index (κ1) is 16.8. The van der Waals surface area contributed by atoms with Crippen LogP contribution in [0.2, 0.25) is 0 Å². The summed E-state index contributed by atoms with van der Waals surface area (Å²) in [5.74, 6) is 0.957. The number of nitrogens with zero attached hydrogens (tertiary/aromatic N) is 2. The van der Waals surface area contributed by atoms with E-state index in [0.29, 0.717) is 28.5 Å². The predicted octanol–water partition coefficient (Wildman–Crippen LogP) is 2.78. The molecule has 1 aromatic heterocycles. The molecule has 2 N–H and O–H groups in total. The van der Waals surface area contributed by atoms with Crippen molar-refractivity contribution in [1.82, 2.24) is 15.2 Å². The highest BCUT2D eigenvalue weighted by Gasteiger charge is 2.16. The van der Waals surface area contributed by atoms with Gasteiger partial charge in [-0.2, -0.15) is 5.10 Å². The number of rotatable bonds is 5. The van der Waals surface area contributed by atoms with Gasteiger partial charge in [0.15, 0.2) is 11.6 Å². The average Bonchev–Trinajstić information content (AvgIpc) is 3.01. The number of Topliss-reactive ketones (excluding diaryl/α,β-unsaturated/α-hetero) is 1. The van der Waals surface area contributed by atoms with Crippen molar-refractivity contribution in [3.05, 3.63) is 59.9 Å². The molecule has 0 saturated carbocycles. The quantitative estimate of drug-likeness (QED) is 0.684. The molecule has 2 aromatic carbocycles. The van der Waals surface area contributed by atoms with Crippen molar-refractivity contribution >= 4 is 21.5 Å². The first-order chi connectivity index (χ1) is 11.8. The van der Waals surface area contributed by atoms with E-state index in [1.807, 2.05) is 0 Å². The first-order valence-corrected chi connectivity index (χ1v) is 8.97. The molecule has 128 valence electrons. The number of aromatic amines is 1. The van der Waals surface area contributed by atoms with Crippen molar-refractivity contribution in [3.63, 3.8) is 0 Å². The van der Waals surface area contributed by atoms with Gasteiger partial charge in [0.2, 0.25) is 0 Å². The van der Waals surface area contributed by atoms with Gasteiger partial charge >= 0.3 is 0 Å². The molecule has 3 aromatic rings. The Morgan fingerprint density at radius 2 is 1.88 bits per heavy atom. The number of hydrogen-bond acceptors (Lipinski definition) is 5. The third kappa shape index (κ3) is 3.74. The molecule has 25 heavy (non-hydrogen) atoms. The largest absolute Gasteiger partial charge is 0.295 e. The van der Waals surface area contributed by atoms with Crippen LogP contribution in [0, 0.1) is 6.92 Å². The Morgan fingerprint density at radius 1 is 1.12 bits per heavy atom. The fourth-order valence-electron chi connectivity index (χ4n) is 2.29. The normalized spacial score (nSPS) is 11.3. The van der Waals surface area contributed by atoms with Gasteiger partial charge in [0.1, 0.15) is 5.82 Å². The van der Waals surface area contributed by atoms with Crippen molar-refractivity contribution in [2.24, 2.45) is 0 Å². The smallest absolute Gasteiger partial charge is 0.261 e. The van der Waals surface area contributed by atoms with Crippen molar-refractivity contribution in [2.75, 3.05) is 4.72 Å². The van der Waals surface area contributed by atoms with Gasteiger partial charge < -0.3 is 0 Å². The zero-order valence-corrected chi connectivity index (χ0v) is 14.5. The molecule has 0 aliphatic heterocycles. The molecule has 0 aliphatic rings. The Kier molecular flexibility index (Phi) is 4.37. The number of anilines is 1. The maximum Gasteiger partial charge on any atom is 0.261 e. The fourth-order valence-corrected chi connectivity index (χ4v) is 3.38. The molecular formula is C17H16N4O3S. The van der Waals surface area contributed by atoms with Gasteiger partial charge in [-0.1, -0.05) is 24.3 Å². The second-order valence-corrected chi connectivity index (χ2v) is 7.20. The minimum Gasteiger partial charge on any atom is -0.295 e. The van der Waals surface area contributed by atoms with E-state index in [4.69, 9.17) is 0 Å². The number of hydrogen-bond donors (Lipinski definition) is 2. The molecule has 0 amide bonds. The van der Waals surface area contributed by atoms with E-state index in [0.717, 1.165) is 0 Å². The van der Waals surface area contributed by atoms with Crippen LogP contribution in [0.3, 0.4) is 0 Å². The fraction of sp³-hybridized carbons (Fsp3) is 0.118. The topological polar surface area (TPSA) is 105 Å². The Bertz CT molecular complexity index is 1040. The van der Waals surface area contributed by atoms with Crippen molar-refractivity contribution in [2.45, 2.75) is 18.7 Å².